The normalized spacial score (nSPS) is 11.9. The van der Waals surface area contributed by atoms with Crippen LogP contribution in [0.15, 0.2) is 60.7 Å². The third kappa shape index (κ3) is 6.49. The van der Waals surface area contributed by atoms with E-state index >= 15 is 0 Å². The molecule has 0 bridgehead atoms. The van der Waals surface area contributed by atoms with Crippen LogP contribution < -0.4 is 5.32 Å². The number of nitrogens with zero attached hydrogens (tertiary/aromatic N) is 1. The van der Waals surface area contributed by atoms with Crippen molar-refractivity contribution in [2.45, 2.75) is 52.1 Å². The first-order valence-electron chi connectivity index (χ1n) is 11.4. The van der Waals surface area contributed by atoms with Crippen LogP contribution in [0.25, 0.3) is 10.8 Å². The highest BCUT2D eigenvalue weighted by molar-refractivity contribution is 6.36. The van der Waals surface area contributed by atoms with Crippen LogP contribution in [0.3, 0.4) is 0 Å². The lowest BCUT2D eigenvalue weighted by molar-refractivity contribution is -0.140. The fourth-order valence-electron chi connectivity index (χ4n) is 3.87. The summed E-state index contributed by atoms with van der Waals surface area (Å²) in [4.78, 5) is 27.8. The van der Waals surface area contributed by atoms with Gasteiger partial charge in [0.05, 0.1) is 0 Å². The number of nitrogens with one attached hydrogen (secondary N) is 1. The second kappa shape index (κ2) is 12.1. The van der Waals surface area contributed by atoms with Gasteiger partial charge >= 0.3 is 0 Å². The van der Waals surface area contributed by atoms with Crippen molar-refractivity contribution in [3.63, 3.8) is 0 Å². The number of amides is 2. The van der Waals surface area contributed by atoms with E-state index in [1.165, 1.54) is 0 Å². The maximum atomic E-state index is 13.4. The quantitative estimate of drug-likeness (QED) is 0.337. The molecule has 1 atom stereocenters. The zero-order valence-electron chi connectivity index (χ0n) is 19.1. The molecule has 6 heteroatoms. The lowest BCUT2D eigenvalue weighted by atomic mass is 10.0. The maximum Gasteiger partial charge on any atom is 0.242 e. The Hall–Kier alpha value is -2.56. The number of rotatable bonds is 10. The van der Waals surface area contributed by atoms with Crippen LogP contribution in [0.1, 0.15) is 44.2 Å². The van der Waals surface area contributed by atoms with Gasteiger partial charge in [-0.3, -0.25) is 9.59 Å². The van der Waals surface area contributed by atoms with Gasteiger partial charge < -0.3 is 10.2 Å². The Labute approximate surface area is 205 Å². The highest BCUT2D eigenvalue weighted by Crippen LogP contribution is 2.27. The molecule has 0 heterocycles. The number of hydrogen-bond donors (Lipinski definition) is 1. The lowest BCUT2D eigenvalue weighted by Gasteiger charge is -2.29. The summed E-state index contributed by atoms with van der Waals surface area (Å²) in [5, 5.41) is 6.17. The Morgan fingerprint density at radius 2 is 1.64 bits per heavy atom. The lowest BCUT2D eigenvalue weighted by Crippen LogP contribution is -2.48. The van der Waals surface area contributed by atoms with Crippen molar-refractivity contribution >= 4 is 45.8 Å². The standard InChI is InChI=1S/C27H30Cl2N2O2/c1-3-4-17-30-27(33)19(2)31(18-23-24(28)13-8-14-25(23)29)26(32)16-15-21-11-7-10-20-9-5-6-12-22(20)21/h5-14,19H,3-4,15-18H2,1-2H3,(H,30,33). The van der Waals surface area contributed by atoms with Gasteiger partial charge in [-0.25, -0.2) is 0 Å². The summed E-state index contributed by atoms with van der Waals surface area (Å²) in [6, 6.07) is 18.9. The second-order valence-corrected chi connectivity index (χ2v) is 9.00. The van der Waals surface area contributed by atoms with Gasteiger partial charge in [0.15, 0.2) is 0 Å². The first-order chi connectivity index (χ1) is 15.9. The van der Waals surface area contributed by atoms with Crippen LogP contribution in [0.2, 0.25) is 10.0 Å². The number of benzene rings is 3. The highest BCUT2D eigenvalue weighted by atomic mass is 35.5. The molecule has 0 radical (unpaired) electrons. The smallest absolute Gasteiger partial charge is 0.242 e. The fraction of sp³-hybridized carbons (Fsp3) is 0.333. The van der Waals surface area contributed by atoms with Crippen molar-refractivity contribution in [3.05, 3.63) is 81.8 Å². The summed E-state index contributed by atoms with van der Waals surface area (Å²) >= 11 is 12.8. The zero-order chi connectivity index (χ0) is 23.8. The number of aryl methyl sites for hydroxylation is 1. The van der Waals surface area contributed by atoms with Crippen LogP contribution in [-0.4, -0.2) is 29.3 Å². The van der Waals surface area contributed by atoms with Gasteiger partial charge in [0.25, 0.3) is 0 Å². The van der Waals surface area contributed by atoms with Crippen LogP contribution in [-0.2, 0) is 22.6 Å². The number of hydrogen-bond acceptors (Lipinski definition) is 2. The molecule has 1 unspecified atom stereocenters. The van der Waals surface area contributed by atoms with E-state index in [-0.39, 0.29) is 24.8 Å². The van der Waals surface area contributed by atoms with Crippen molar-refractivity contribution in [3.8, 4) is 0 Å². The van der Waals surface area contributed by atoms with E-state index in [1.807, 2.05) is 24.3 Å². The number of fused-ring (bicyclic) bond motifs is 1. The van der Waals surface area contributed by atoms with Crippen molar-refractivity contribution in [2.24, 2.45) is 0 Å². The molecule has 0 aliphatic rings. The third-order valence-corrected chi connectivity index (χ3v) is 6.58. The van der Waals surface area contributed by atoms with Gasteiger partial charge in [-0.15, -0.1) is 0 Å². The predicted molar refractivity (Wildman–Crippen MR) is 137 cm³/mol. The van der Waals surface area contributed by atoms with Crippen molar-refractivity contribution in [2.75, 3.05) is 6.54 Å². The van der Waals surface area contributed by atoms with E-state index in [0.29, 0.717) is 28.6 Å². The van der Waals surface area contributed by atoms with Crippen molar-refractivity contribution in [1.29, 1.82) is 0 Å². The number of halogens is 2. The molecule has 0 saturated heterocycles. The summed E-state index contributed by atoms with van der Waals surface area (Å²) in [5.74, 6) is -0.290. The zero-order valence-corrected chi connectivity index (χ0v) is 20.6. The maximum absolute atomic E-state index is 13.4. The topological polar surface area (TPSA) is 49.4 Å². The van der Waals surface area contributed by atoms with Gasteiger partial charge in [0, 0.05) is 35.1 Å². The molecular weight excluding hydrogens is 455 g/mol. The molecule has 1 N–H and O–H groups in total. The van der Waals surface area contributed by atoms with Gasteiger partial charge in [0.1, 0.15) is 6.04 Å². The molecular formula is C27H30Cl2N2O2. The molecule has 33 heavy (non-hydrogen) atoms. The largest absolute Gasteiger partial charge is 0.354 e. The van der Waals surface area contributed by atoms with Crippen LogP contribution >= 0.6 is 23.2 Å². The minimum Gasteiger partial charge on any atom is -0.354 e. The van der Waals surface area contributed by atoms with Gasteiger partial charge in [-0.2, -0.15) is 0 Å². The van der Waals surface area contributed by atoms with Crippen molar-refractivity contribution in [1.82, 2.24) is 10.2 Å². The molecule has 0 fully saturated rings. The molecule has 3 rings (SSSR count). The van der Waals surface area contributed by atoms with Crippen molar-refractivity contribution < 1.29 is 9.59 Å². The Morgan fingerprint density at radius 1 is 0.970 bits per heavy atom. The van der Waals surface area contributed by atoms with Crippen LogP contribution in [0.4, 0.5) is 0 Å². The SMILES string of the molecule is CCCCNC(=O)C(C)N(Cc1c(Cl)cccc1Cl)C(=O)CCc1cccc2ccccc12. The average molecular weight is 485 g/mol. The summed E-state index contributed by atoms with van der Waals surface area (Å²) < 4.78 is 0. The van der Waals surface area contributed by atoms with Gasteiger partial charge in [-0.05, 0) is 48.2 Å². The summed E-state index contributed by atoms with van der Waals surface area (Å²) in [7, 11) is 0. The van der Waals surface area contributed by atoms with Gasteiger partial charge in [0.2, 0.25) is 11.8 Å². The average Bonchev–Trinajstić information content (AvgIpc) is 2.82. The Bertz CT molecular complexity index is 1090. The van der Waals surface area contributed by atoms with E-state index in [9.17, 15) is 9.59 Å². The molecule has 0 aliphatic heterocycles. The molecule has 3 aromatic carbocycles. The molecule has 0 aliphatic carbocycles. The van der Waals surface area contributed by atoms with E-state index in [1.54, 1.807) is 30.0 Å². The third-order valence-electron chi connectivity index (χ3n) is 5.88. The Morgan fingerprint density at radius 3 is 2.36 bits per heavy atom. The second-order valence-electron chi connectivity index (χ2n) is 8.18. The van der Waals surface area contributed by atoms with E-state index < -0.39 is 6.04 Å². The molecule has 0 aromatic heterocycles. The molecule has 0 spiro atoms. The van der Waals surface area contributed by atoms with E-state index in [2.05, 4.69) is 30.4 Å². The van der Waals surface area contributed by atoms with Crippen LogP contribution in [0.5, 0.6) is 0 Å². The molecule has 2 amide bonds. The summed E-state index contributed by atoms with van der Waals surface area (Å²) in [6.07, 6.45) is 2.74. The number of carbonyl (C=O) groups excluding carboxylic acids is 2. The molecule has 0 saturated carbocycles. The first kappa shape index (κ1) is 25.1. The molecule has 3 aromatic rings. The monoisotopic (exact) mass is 484 g/mol. The Kier molecular flexibility index (Phi) is 9.16. The molecule has 4 nitrogen and oxygen atoms in total. The minimum absolute atomic E-state index is 0.114. The fourth-order valence-corrected chi connectivity index (χ4v) is 4.39. The van der Waals surface area contributed by atoms with Crippen LogP contribution in [0, 0.1) is 0 Å². The first-order valence-corrected chi connectivity index (χ1v) is 12.1. The number of unbranched alkanes of at least 4 members (excludes halogenated alkanes) is 1. The summed E-state index contributed by atoms with van der Waals surface area (Å²) in [6.45, 7) is 4.58. The predicted octanol–water partition coefficient (Wildman–Crippen LogP) is 6.41. The summed E-state index contributed by atoms with van der Waals surface area (Å²) in [5.41, 5.74) is 1.75. The Balaban J connectivity index is 1.81. The highest BCUT2D eigenvalue weighted by Gasteiger charge is 2.27. The van der Waals surface area contributed by atoms with Gasteiger partial charge in [-0.1, -0.05) is 85.1 Å². The minimum atomic E-state index is -0.644. The van der Waals surface area contributed by atoms with E-state index in [4.69, 9.17) is 23.2 Å². The molecule has 174 valence electrons. The number of carbonyl (C=O) groups is 2. The van der Waals surface area contributed by atoms with E-state index in [0.717, 1.165) is 29.2 Å².